The number of methoxy groups -OCH3 is 1. The zero-order chi connectivity index (χ0) is 23.5. The molecule has 34 heavy (non-hydrogen) atoms. The average molecular weight is 492 g/mol. The van der Waals surface area contributed by atoms with Gasteiger partial charge in [0.1, 0.15) is 11.5 Å². The van der Waals surface area contributed by atoms with Crippen LogP contribution in [0.4, 0.5) is 5.13 Å². The first-order valence-electron chi connectivity index (χ1n) is 10.5. The Bertz CT molecular complexity index is 1440. The van der Waals surface area contributed by atoms with Crippen molar-refractivity contribution in [2.45, 2.75) is 18.6 Å². The van der Waals surface area contributed by atoms with Crippen molar-refractivity contribution in [3.05, 3.63) is 72.2 Å². The standard InChI is InChI=1S/C24H21N5O3S2/c1-15-8-9-19-20(11-15)34-23(25-19)26-21(30)14-33-24-28-27-22(16-5-3-6-17(12-16)31-2)29(24)13-18-7-4-10-32-18/h3-12H,13-14H2,1-2H3,(H,25,26,30). The fourth-order valence-corrected chi connectivity index (χ4v) is 5.16. The lowest BCUT2D eigenvalue weighted by atomic mass is 10.2. The van der Waals surface area contributed by atoms with Crippen LogP contribution in [-0.2, 0) is 11.3 Å². The van der Waals surface area contributed by atoms with Crippen LogP contribution < -0.4 is 10.1 Å². The van der Waals surface area contributed by atoms with Crippen molar-refractivity contribution in [3.63, 3.8) is 0 Å². The van der Waals surface area contributed by atoms with Gasteiger partial charge in [0, 0.05) is 5.56 Å². The van der Waals surface area contributed by atoms with Crippen LogP contribution in [0.5, 0.6) is 5.75 Å². The summed E-state index contributed by atoms with van der Waals surface area (Å²) in [6.45, 7) is 2.47. The molecular formula is C24H21N5O3S2. The number of hydrogen-bond acceptors (Lipinski definition) is 8. The van der Waals surface area contributed by atoms with Gasteiger partial charge in [-0.3, -0.25) is 9.36 Å². The van der Waals surface area contributed by atoms with E-state index in [4.69, 9.17) is 9.15 Å². The summed E-state index contributed by atoms with van der Waals surface area (Å²) in [4.78, 5) is 17.2. The van der Waals surface area contributed by atoms with Gasteiger partial charge in [0.15, 0.2) is 16.1 Å². The van der Waals surface area contributed by atoms with Gasteiger partial charge in [-0.25, -0.2) is 4.98 Å². The number of rotatable bonds is 8. The summed E-state index contributed by atoms with van der Waals surface area (Å²) < 4.78 is 13.9. The SMILES string of the molecule is COc1cccc(-c2nnc(SCC(=O)Nc3nc4ccc(C)cc4s3)n2Cc2ccco2)c1. The highest BCUT2D eigenvalue weighted by molar-refractivity contribution is 7.99. The van der Waals surface area contributed by atoms with Crippen LogP contribution in [0.2, 0.25) is 0 Å². The van der Waals surface area contributed by atoms with Gasteiger partial charge in [0.25, 0.3) is 0 Å². The van der Waals surface area contributed by atoms with E-state index in [-0.39, 0.29) is 11.7 Å². The smallest absolute Gasteiger partial charge is 0.236 e. The van der Waals surface area contributed by atoms with Crippen molar-refractivity contribution in [1.29, 1.82) is 0 Å². The first kappa shape index (κ1) is 22.2. The number of nitrogens with one attached hydrogen (secondary N) is 1. The molecule has 0 aliphatic rings. The number of thiazole rings is 1. The van der Waals surface area contributed by atoms with Crippen LogP contribution in [0, 0.1) is 6.92 Å². The third-order valence-corrected chi connectivity index (χ3v) is 6.96. The van der Waals surface area contributed by atoms with Crippen molar-refractivity contribution in [2.75, 3.05) is 18.2 Å². The molecule has 172 valence electrons. The van der Waals surface area contributed by atoms with Crippen molar-refractivity contribution in [2.24, 2.45) is 0 Å². The van der Waals surface area contributed by atoms with Crippen LogP contribution in [0.1, 0.15) is 11.3 Å². The summed E-state index contributed by atoms with van der Waals surface area (Å²) in [5.41, 5.74) is 2.89. The number of benzene rings is 2. The lowest BCUT2D eigenvalue weighted by molar-refractivity contribution is -0.113. The predicted octanol–water partition coefficient (Wildman–Crippen LogP) is 5.24. The van der Waals surface area contributed by atoms with Gasteiger partial charge < -0.3 is 14.5 Å². The summed E-state index contributed by atoms with van der Waals surface area (Å²) >= 11 is 2.77. The number of fused-ring (bicyclic) bond motifs is 1. The first-order valence-corrected chi connectivity index (χ1v) is 12.3. The zero-order valence-corrected chi connectivity index (χ0v) is 20.2. The Kier molecular flexibility index (Phi) is 6.33. The number of ether oxygens (including phenoxy) is 1. The van der Waals surface area contributed by atoms with Crippen molar-refractivity contribution >= 4 is 44.4 Å². The van der Waals surface area contributed by atoms with Gasteiger partial charge in [-0.05, 0) is 48.9 Å². The molecule has 0 atom stereocenters. The van der Waals surface area contributed by atoms with Gasteiger partial charge in [-0.2, -0.15) is 0 Å². The van der Waals surface area contributed by atoms with Gasteiger partial charge in [-0.1, -0.05) is 41.3 Å². The summed E-state index contributed by atoms with van der Waals surface area (Å²) in [6, 6.07) is 17.4. The number of aromatic nitrogens is 4. The number of nitrogens with zero attached hydrogens (tertiary/aromatic N) is 4. The Labute approximate surface area is 204 Å². The number of carbonyl (C=O) groups excluding carboxylic acids is 1. The summed E-state index contributed by atoms with van der Waals surface area (Å²) in [7, 11) is 1.62. The quantitative estimate of drug-likeness (QED) is 0.296. The van der Waals surface area contributed by atoms with E-state index in [0.29, 0.717) is 22.7 Å². The minimum absolute atomic E-state index is 0.156. The molecule has 5 aromatic rings. The fourth-order valence-electron chi connectivity index (χ4n) is 3.44. The molecule has 0 spiro atoms. The maximum atomic E-state index is 12.7. The molecule has 5 rings (SSSR count). The molecule has 0 aliphatic heterocycles. The number of aryl methyl sites for hydroxylation is 1. The Morgan fingerprint density at radius 1 is 1.18 bits per heavy atom. The van der Waals surface area contributed by atoms with Crippen LogP contribution >= 0.6 is 23.1 Å². The Morgan fingerprint density at radius 3 is 2.91 bits per heavy atom. The molecule has 1 amide bonds. The Morgan fingerprint density at radius 2 is 2.09 bits per heavy atom. The molecule has 3 aromatic heterocycles. The molecule has 0 fully saturated rings. The van der Waals surface area contributed by atoms with Gasteiger partial charge in [0.2, 0.25) is 5.91 Å². The van der Waals surface area contributed by atoms with E-state index in [0.717, 1.165) is 32.9 Å². The van der Waals surface area contributed by atoms with E-state index in [1.807, 2.05) is 60.0 Å². The molecule has 0 saturated carbocycles. The molecular weight excluding hydrogens is 470 g/mol. The topological polar surface area (TPSA) is 95.1 Å². The van der Waals surface area contributed by atoms with Gasteiger partial charge in [0.05, 0.1) is 35.9 Å². The average Bonchev–Trinajstić information content (AvgIpc) is 3.58. The lowest BCUT2D eigenvalue weighted by Gasteiger charge is -2.09. The zero-order valence-electron chi connectivity index (χ0n) is 18.5. The van der Waals surface area contributed by atoms with Crippen LogP contribution in [-0.4, -0.2) is 38.5 Å². The van der Waals surface area contributed by atoms with Crippen molar-refractivity contribution in [1.82, 2.24) is 19.7 Å². The van der Waals surface area contributed by atoms with Crippen LogP contribution in [0.3, 0.4) is 0 Å². The Balaban J connectivity index is 1.34. The highest BCUT2D eigenvalue weighted by Gasteiger charge is 2.18. The number of thioether (sulfide) groups is 1. The minimum Gasteiger partial charge on any atom is -0.497 e. The second-order valence-corrected chi connectivity index (χ2v) is 9.50. The second-order valence-electron chi connectivity index (χ2n) is 7.53. The number of anilines is 1. The first-order chi connectivity index (χ1) is 16.6. The predicted molar refractivity (Wildman–Crippen MR) is 134 cm³/mol. The third-order valence-electron chi connectivity index (χ3n) is 5.06. The van der Waals surface area contributed by atoms with Gasteiger partial charge in [-0.15, -0.1) is 10.2 Å². The summed E-state index contributed by atoms with van der Waals surface area (Å²) in [5, 5.41) is 12.8. The van der Waals surface area contributed by atoms with E-state index < -0.39 is 0 Å². The van der Waals surface area contributed by atoms with Crippen LogP contribution in [0.25, 0.3) is 21.6 Å². The highest BCUT2D eigenvalue weighted by Crippen LogP contribution is 2.29. The van der Waals surface area contributed by atoms with E-state index in [2.05, 4.69) is 26.6 Å². The summed E-state index contributed by atoms with van der Waals surface area (Å²) in [5.74, 6) is 2.17. The third kappa shape index (κ3) is 4.82. The molecule has 0 unspecified atom stereocenters. The minimum atomic E-state index is -0.156. The van der Waals surface area contributed by atoms with E-state index in [1.54, 1.807) is 13.4 Å². The second kappa shape index (κ2) is 9.70. The summed E-state index contributed by atoms with van der Waals surface area (Å²) in [6.07, 6.45) is 1.63. The largest absolute Gasteiger partial charge is 0.497 e. The number of hydrogen-bond donors (Lipinski definition) is 1. The van der Waals surface area contributed by atoms with E-state index in [1.165, 1.54) is 23.1 Å². The monoisotopic (exact) mass is 491 g/mol. The molecule has 1 N–H and O–H groups in total. The molecule has 10 heteroatoms. The molecule has 0 bridgehead atoms. The highest BCUT2D eigenvalue weighted by atomic mass is 32.2. The van der Waals surface area contributed by atoms with E-state index >= 15 is 0 Å². The molecule has 0 aliphatic carbocycles. The molecule has 0 saturated heterocycles. The van der Waals surface area contributed by atoms with E-state index in [9.17, 15) is 4.79 Å². The maximum Gasteiger partial charge on any atom is 0.236 e. The Hall–Kier alpha value is -3.63. The van der Waals surface area contributed by atoms with Crippen molar-refractivity contribution in [3.8, 4) is 17.1 Å². The van der Waals surface area contributed by atoms with Gasteiger partial charge >= 0.3 is 0 Å². The normalized spacial score (nSPS) is 11.1. The number of amides is 1. The molecule has 8 nitrogen and oxygen atoms in total. The number of furan rings is 1. The molecule has 3 heterocycles. The van der Waals surface area contributed by atoms with Crippen LogP contribution in [0.15, 0.2) is 70.4 Å². The fraction of sp³-hybridized carbons (Fsp3) is 0.167. The molecule has 2 aromatic carbocycles. The maximum absolute atomic E-state index is 12.7. The lowest BCUT2D eigenvalue weighted by Crippen LogP contribution is -2.14. The number of carbonyl (C=O) groups is 1. The van der Waals surface area contributed by atoms with Crippen molar-refractivity contribution < 1.29 is 13.9 Å². The molecule has 0 radical (unpaired) electrons.